The minimum atomic E-state index is -0.413. The van der Waals surface area contributed by atoms with Gasteiger partial charge in [-0.1, -0.05) is 26.3 Å². The molecule has 0 aliphatic heterocycles. The molecule has 1 aliphatic rings. The normalized spacial score (nSPS) is 20.6. The quantitative estimate of drug-likeness (QED) is 0.761. The summed E-state index contributed by atoms with van der Waals surface area (Å²) in [5.41, 5.74) is 3.84. The third-order valence-electron chi connectivity index (χ3n) is 5.04. The lowest BCUT2D eigenvalue weighted by molar-refractivity contribution is 0.0519. The van der Waals surface area contributed by atoms with Gasteiger partial charge in [-0.25, -0.2) is 14.3 Å². The molecule has 2 aromatic heterocycles. The number of carbonyl (C=O) groups is 1. The fraction of sp³-hybridized carbons (Fsp3) is 0.550. The van der Waals surface area contributed by atoms with Gasteiger partial charge in [-0.3, -0.25) is 0 Å². The van der Waals surface area contributed by atoms with Crippen LogP contribution in [0.2, 0.25) is 0 Å². The van der Waals surface area contributed by atoms with Crippen molar-refractivity contribution in [3.8, 4) is 0 Å². The summed E-state index contributed by atoms with van der Waals surface area (Å²) in [5, 5.41) is 4.37. The van der Waals surface area contributed by atoms with E-state index in [4.69, 9.17) is 9.72 Å². The highest BCUT2D eigenvalue weighted by atomic mass is 16.5. The minimum absolute atomic E-state index is 0.292. The molecule has 5 nitrogen and oxygen atoms in total. The summed E-state index contributed by atoms with van der Waals surface area (Å²) < 4.78 is 6.75. The van der Waals surface area contributed by atoms with E-state index in [9.17, 15) is 4.79 Å². The maximum absolute atomic E-state index is 12.0. The summed E-state index contributed by atoms with van der Waals surface area (Å²) in [6.45, 7) is 10.5. The second kappa shape index (κ2) is 7.38. The van der Waals surface area contributed by atoms with Gasteiger partial charge in [0.15, 0.2) is 11.3 Å². The monoisotopic (exact) mass is 341 g/mol. The predicted octanol–water partition coefficient (Wildman–Crippen LogP) is 4.31. The van der Waals surface area contributed by atoms with Gasteiger partial charge in [-0.15, -0.1) is 0 Å². The summed E-state index contributed by atoms with van der Waals surface area (Å²) in [5.74, 6) is 1.12. The topological polar surface area (TPSA) is 56.5 Å². The van der Waals surface area contributed by atoms with E-state index in [2.05, 4.69) is 24.7 Å². The fourth-order valence-corrected chi connectivity index (χ4v) is 3.57. The van der Waals surface area contributed by atoms with E-state index in [0.29, 0.717) is 23.9 Å². The molecule has 2 aromatic rings. The van der Waals surface area contributed by atoms with Crippen LogP contribution in [0.4, 0.5) is 0 Å². The van der Waals surface area contributed by atoms with E-state index in [-0.39, 0.29) is 0 Å². The van der Waals surface area contributed by atoms with E-state index in [0.717, 1.165) is 29.3 Å². The molecule has 0 bridgehead atoms. The Morgan fingerprint density at radius 1 is 1.32 bits per heavy atom. The van der Waals surface area contributed by atoms with Crippen molar-refractivity contribution in [1.29, 1.82) is 0 Å². The van der Waals surface area contributed by atoms with E-state index >= 15 is 0 Å². The van der Waals surface area contributed by atoms with Crippen molar-refractivity contribution in [2.24, 2.45) is 11.8 Å². The Morgan fingerprint density at radius 2 is 2.04 bits per heavy atom. The molecule has 1 aliphatic carbocycles. The third kappa shape index (κ3) is 3.91. The highest BCUT2D eigenvalue weighted by Gasteiger charge is 2.21. The molecule has 0 amide bonds. The Labute approximate surface area is 149 Å². The van der Waals surface area contributed by atoms with Crippen LogP contribution in [0.25, 0.3) is 11.2 Å². The van der Waals surface area contributed by atoms with E-state index in [1.165, 1.54) is 25.7 Å². The van der Waals surface area contributed by atoms with Crippen LogP contribution in [-0.4, -0.2) is 27.2 Å². The number of rotatable bonds is 5. The van der Waals surface area contributed by atoms with Gasteiger partial charge in [0, 0.05) is 11.8 Å². The van der Waals surface area contributed by atoms with E-state index < -0.39 is 5.97 Å². The lowest BCUT2D eigenvalue weighted by Gasteiger charge is -2.26. The molecule has 3 rings (SSSR count). The number of hydrogen-bond donors (Lipinski definition) is 0. The zero-order valence-electron chi connectivity index (χ0n) is 15.4. The average Bonchev–Trinajstić information content (AvgIpc) is 3.00. The second-order valence-electron chi connectivity index (χ2n) is 7.26. The van der Waals surface area contributed by atoms with Crippen molar-refractivity contribution in [1.82, 2.24) is 14.6 Å². The van der Waals surface area contributed by atoms with Crippen LogP contribution in [0.5, 0.6) is 0 Å². The molecule has 0 unspecified atom stereocenters. The zero-order valence-corrected chi connectivity index (χ0v) is 15.4. The van der Waals surface area contributed by atoms with Crippen molar-refractivity contribution in [2.45, 2.75) is 52.9 Å². The summed E-state index contributed by atoms with van der Waals surface area (Å²) in [4.78, 5) is 16.7. The number of esters is 1. The number of allylic oxidation sites excluding steroid dienone is 1. The van der Waals surface area contributed by atoms with Crippen LogP contribution in [-0.2, 0) is 11.2 Å². The van der Waals surface area contributed by atoms with Gasteiger partial charge in [0.2, 0.25) is 0 Å². The van der Waals surface area contributed by atoms with E-state index in [1.54, 1.807) is 17.5 Å². The van der Waals surface area contributed by atoms with Gasteiger partial charge in [0.25, 0.3) is 0 Å². The number of carbonyl (C=O) groups excluding carboxylic acids is 1. The molecule has 0 spiro atoms. The maximum Gasteiger partial charge on any atom is 0.358 e. The summed E-state index contributed by atoms with van der Waals surface area (Å²) in [6, 6.07) is 3.77. The first-order valence-electron chi connectivity index (χ1n) is 9.20. The highest BCUT2D eigenvalue weighted by Crippen LogP contribution is 2.30. The molecule has 0 radical (unpaired) electrons. The van der Waals surface area contributed by atoms with Gasteiger partial charge < -0.3 is 4.74 Å². The SMILES string of the molecule is C=C(C)c1cc(CC2CCC(C)CC2)nc2cc(C(=O)OCC)nn12. The third-order valence-corrected chi connectivity index (χ3v) is 5.04. The number of hydrogen-bond acceptors (Lipinski definition) is 4. The first-order chi connectivity index (χ1) is 12.0. The van der Waals surface area contributed by atoms with Gasteiger partial charge in [-0.05, 0) is 56.6 Å². The van der Waals surface area contributed by atoms with Crippen LogP contribution in [0.3, 0.4) is 0 Å². The molecule has 0 atom stereocenters. The smallest absolute Gasteiger partial charge is 0.358 e. The first kappa shape index (κ1) is 17.6. The summed E-state index contributed by atoms with van der Waals surface area (Å²) >= 11 is 0. The van der Waals surface area contributed by atoms with Crippen molar-refractivity contribution >= 4 is 17.2 Å². The molecule has 0 N–H and O–H groups in total. The molecule has 2 heterocycles. The predicted molar refractivity (Wildman–Crippen MR) is 98.5 cm³/mol. The molecule has 5 heteroatoms. The fourth-order valence-electron chi connectivity index (χ4n) is 3.57. The molecule has 1 saturated carbocycles. The first-order valence-corrected chi connectivity index (χ1v) is 9.20. The van der Waals surface area contributed by atoms with Crippen LogP contribution in [0.15, 0.2) is 18.7 Å². The van der Waals surface area contributed by atoms with Crippen molar-refractivity contribution in [3.05, 3.63) is 35.8 Å². The lowest BCUT2D eigenvalue weighted by atomic mass is 9.81. The van der Waals surface area contributed by atoms with Crippen LogP contribution in [0.1, 0.15) is 68.3 Å². The molecule has 25 heavy (non-hydrogen) atoms. The van der Waals surface area contributed by atoms with E-state index in [1.807, 2.05) is 6.92 Å². The molecule has 1 fully saturated rings. The number of nitrogens with zero attached hydrogens (tertiary/aromatic N) is 3. The lowest BCUT2D eigenvalue weighted by Crippen LogP contribution is -2.15. The molecule has 0 saturated heterocycles. The van der Waals surface area contributed by atoms with Crippen LogP contribution < -0.4 is 0 Å². The van der Waals surface area contributed by atoms with Crippen molar-refractivity contribution in [3.63, 3.8) is 0 Å². The number of aromatic nitrogens is 3. The molecule has 134 valence electrons. The minimum Gasteiger partial charge on any atom is -0.461 e. The Hall–Kier alpha value is -2.17. The summed E-state index contributed by atoms with van der Waals surface area (Å²) in [6.07, 6.45) is 6.12. The Morgan fingerprint density at radius 3 is 2.68 bits per heavy atom. The zero-order chi connectivity index (χ0) is 18.0. The largest absolute Gasteiger partial charge is 0.461 e. The van der Waals surface area contributed by atoms with Crippen molar-refractivity contribution in [2.75, 3.05) is 6.61 Å². The standard InChI is InChI=1S/C20H27N3O2/c1-5-25-20(24)17-12-19-21-16(10-15-8-6-14(4)7-9-15)11-18(13(2)3)23(19)22-17/h11-12,14-15H,2,5-10H2,1,3-4H3. The van der Waals surface area contributed by atoms with Crippen LogP contribution in [0, 0.1) is 11.8 Å². The van der Waals surface area contributed by atoms with Gasteiger partial charge in [0.1, 0.15) is 0 Å². The van der Waals surface area contributed by atoms with Crippen molar-refractivity contribution < 1.29 is 9.53 Å². The molecular formula is C20H27N3O2. The summed E-state index contributed by atoms with van der Waals surface area (Å²) in [7, 11) is 0. The Bertz CT molecular complexity index is 786. The second-order valence-corrected chi connectivity index (χ2v) is 7.26. The molecule has 0 aromatic carbocycles. The van der Waals surface area contributed by atoms with Gasteiger partial charge in [0.05, 0.1) is 12.3 Å². The maximum atomic E-state index is 12.0. The Kier molecular flexibility index (Phi) is 5.21. The number of ether oxygens (including phenoxy) is 1. The molecular weight excluding hydrogens is 314 g/mol. The average molecular weight is 341 g/mol. The van der Waals surface area contributed by atoms with Gasteiger partial charge >= 0.3 is 5.97 Å². The Balaban J connectivity index is 1.92. The van der Waals surface area contributed by atoms with Gasteiger partial charge in [-0.2, -0.15) is 5.10 Å². The number of fused-ring (bicyclic) bond motifs is 1. The van der Waals surface area contributed by atoms with Crippen LogP contribution >= 0.6 is 0 Å². The highest BCUT2D eigenvalue weighted by molar-refractivity contribution is 5.88.